The van der Waals surface area contributed by atoms with Gasteiger partial charge in [-0.15, -0.1) is 0 Å². The number of hydrogen-bond donors (Lipinski definition) is 1. The van der Waals surface area contributed by atoms with Crippen molar-refractivity contribution in [2.75, 3.05) is 11.9 Å². The molecule has 1 fully saturated rings. The van der Waals surface area contributed by atoms with Crippen LogP contribution in [0.4, 0.5) is 10.5 Å². The van der Waals surface area contributed by atoms with Crippen LogP contribution in [0.3, 0.4) is 0 Å². The highest BCUT2D eigenvalue weighted by atomic mass is 16.2. The molecule has 2 amide bonds. The first kappa shape index (κ1) is 19.2. The molecule has 27 heavy (non-hydrogen) atoms. The topological polar surface area (TPSA) is 32.3 Å². The molecule has 3 nitrogen and oxygen atoms in total. The summed E-state index contributed by atoms with van der Waals surface area (Å²) >= 11 is 0. The van der Waals surface area contributed by atoms with Crippen molar-refractivity contribution < 1.29 is 4.79 Å². The minimum absolute atomic E-state index is 0.00770. The Kier molecular flexibility index (Phi) is 6.69. The molecule has 0 heterocycles. The Hall–Kier alpha value is -2.55. The molecule has 2 aromatic carbocycles. The molecule has 0 spiro atoms. The number of hydrogen-bond acceptors (Lipinski definition) is 1. The summed E-state index contributed by atoms with van der Waals surface area (Å²) in [5.41, 5.74) is 4.39. The van der Waals surface area contributed by atoms with Crippen LogP contribution >= 0.6 is 0 Å². The van der Waals surface area contributed by atoms with Gasteiger partial charge in [-0.2, -0.15) is 0 Å². The average Bonchev–Trinajstić information content (AvgIpc) is 2.67. The van der Waals surface area contributed by atoms with Crippen molar-refractivity contribution in [3.63, 3.8) is 0 Å². The maximum atomic E-state index is 13.1. The maximum Gasteiger partial charge on any atom is 0.322 e. The van der Waals surface area contributed by atoms with Crippen LogP contribution in [0.15, 0.2) is 60.2 Å². The zero-order chi connectivity index (χ0) is 19.1. The predicted octanol–water partition coefficient (Wildman–Crippen LogP) is 6.27. The summed E-state index contributed by atoms with van der Waals surface area (Å²) in [6.45, 7) is 4.82. The van der Waals surface area contributed by atoms with Crippen molar-refractivity contribution in [1.82, 2.24) is 4.90 Å². The molecule has 1 aliphatic carbocycles. The van der Waals surface area contributed by atoms with Crippen molar-refractivity contribution in [3.05, 3.63) is 71.3 Å². The van der Waals surface area contributed by atoms with Crippen LogP contribution < -0.4 is 5.32 Å². The molecule has 0 saturated heterocycles. The van der Waals surface area contributed by atoms with E-state index in [1.165, 1.54) is 30.4 Å². The van der Waals surface area contributed by atoms with Gasteiger partial charge in [0.05, 0.1) is 0 Å². The van der Waals surface area contributed by atoms with Gasteiger partial charge in [-0.25, -0.2) is 4.79 Å². The molecule has 0 aliphatic heterocycles. The van der Waals surface area contributed by atoms with Gasteiger partial charge in [-0.1, -0.05) is 73.4 Å². The number of rotatable bonds is 5. The number of aryl methyl sites for hydroxylation is 1. The third-order valence-corrected chi connectivity index (χ3v) is 5.18. The Bertz CT molecular complexity index is 776. The van der Waals surface area contributed by atoms with E-state index in [2.05, 4.69) is 30.4 Å². The fourth-order valence-corrected chi connectivity index (χ4v) is 3.83. The van der Waals surface area contributed by atoms with Crippen LogP contribution in [0.5, 0.6) is 0 Å². The fourth-order valence-electron chi connectivity index (χ4n) is 3.83. The van der Waals surface area contributed by atoms with E-state index in [0.717, 1.165) is 24.1 Å². The number of carbonyl (C=O) groups is 1. The lowest BCUT2D eigenvalue weighted by atomic mass is 9.94. The molecule has 142 valence electrons. The van der Waals surface area contributed by atoms with Crippen LogP contribution in [0, 0.1) is 6.92 Å². The van der Waals surface area contributed by atoms with Gasteiger partial charge in [0, 0.05) is 18.3 Å². The van der Waals surface area contributed by atoms with Crippen molar-refractivity contribution in [1.29, 1.82) is 0 Å². The zero-order valence-electron chi connectivity index (χ0n) is 16.4. The molecule has 2 aromatic rings. The minimum Gasteiger partial charge on any atom is -0.318 e. The predicted molar refractivity (Wildman–Crippen MR) is 114 cm³/mol. The number of amides is 2. The summed E-state index contributed by atoms with van der Waals surface area (Å²) in [7, 11) is 0. The van der Waals surface area contributed by atoms with Crippen molar-refractivity contribution in [3.8, 4) is 0 Å². The van der Waals surface area contributed by atoms with Gasteiger partial charge in [0.1, 0.15) is 0 Å². The average molecular weight is 363 g/mol. The number of nitrogens with zero attached hydrogens (tertiary/aromatic N) is 1. The summed E-state index contributed by atoms with van der Waals surface area (Å²) in [6, 6.07) is 18.6. The standard InChI is InChI=1S/C24H30N2O/c1-19-10-9-13-22(17-19)25-24(27)26(23-14-7-4-8-15-23)18-20(2)16-21-11-5-3-6-12-21/h3,5-6,9-13,16-17,23H,4,7-8,14-15,18H2,1-2H3,(H,25,27)/b20-16+. The second-order valence-electron chi connectivity index (χ2n) is 7.62. The first-order valence-corrected chi connectivity index (χ1v) is 9.98. The Balaban J connectivity index is 1.75. The second-order valence-corrected chi connectivity index (χ2v) is 7.62. The Morgan fingerprint density at radius 2 is 1.81 bits per heavy atom. The first-order chi connectivity index (χ1) is 13.1. The lowest BCUT2D eigenvalue weighted by molar-refractivity contribution is 0.174. The van der Waals surface area contributed by atoms with Gasteiger partial charge in [0.15, 0.2) is 0 Å². The zero-order valence-corrected chi connectivity index (χ0v) is 16.4. The number of anilines is 1. The molecule has 0 unspecified atom stereocenters. The van der Waals surface area contributed by atoms with Gasteiger partial charge in [-0.05, 0) is 49.9 Å². The van der Waals surface area contributed by atoms with E-state index in [0.29, 0.717) is 12.6 Å². The number of urea groups is 1. The van der Waals surface area contributed by atoms with Crippen LogP contribution in [0.1, 0.15) is 50.2 Å². The van der Waals surface area contributed by atoms with E-state index in [9.17, 15) is 4.79 Å². The highest BCUT2D eigenvalue weighted by Crippen LogP contribution is 2.24. The van der Waals surface area contributed by atoms with Crippen LogP contribution in [0.2, 0.25) is 0 Å². The summed E-state index contributed by atoms with van der Waals surface area (Å²) in [6.07, 6.45) is 8.07. The summed E-state index contributed by atoms with van der Waals surface area (Å²) in [5, 5.41) is 3.11. The molecule has 0 aromatic heterocycles. The Morgan fingerprint density at radius 1 is 1.07 bits per heavy atom. The summed E-state index contributed by atoms with van der Waals surface area (Å²) in [5.74, 6) is 0. The molecule has 3 rings (SSSR count). The minimum atomic E-state index is 0.00770. The van der Waals surface area contributed by atoms with E-state index in [-0.39, 0.29) is 6.03 Å². The van der Waals surface area contributed by atoms with Crippen molar-refractivity contribution >= 4 is 17.8 Å². The largest absolute Gasteiger partial charge is 0.322 e. The third-order valence-electron chi connectivity index (χ3n) is 5.18. The molecular formula is C24H30N2O. The molecular weight excluding hydrogens is 332 g/mol. The molecule has 1 N–H and O–H groups in total. The normalized spacial score (nSPS) is 15.4. The van der Waals surface area contributed by atoms with Gasteiger partial charge < -0.3 is 10.2 Å². The first-order valence-electron chi connectivity index (χ1n) is 9.98. The highest BCUT2D eigenvalue weighted by Gasteiger charge is 2.25. The van der Waals surface area contributed by atoms with E-state index in [4.69, 9.17) is 0 Å². The number of carbonyl (C=O) groups excluding carboxylic acids is 1. The van der Waals surface area contributed by atoms with Crippen LogP contribution in [-0.2, 0) is 0 Å². The van der Waals surface area contributed by atoms with E-state index in [1.54, 1.807) is 0 Å². The van der Waals surface area contributed by atoms with E-state index < -0.39 is 0 Å². The van der Waals surface area contributed by atoms with E-state index >= 15 is 0 Å². The van der Waals surface area contributed by atoms with Gasteiger partial charge in [0.2, 0.25) is 0 Å². The quantitative estimate of drug-likeness (QED) is 0.668. The lowest BCUT2D eigenvalue weighted by Crippen LogP contribution is -2.44. The highest BCUT2D eigenvalue weighted by molar-refractivity contribution is 5.90. The molecule has 1 aliphatic rings. The lowest BCUT2D eigenvalue weighted by Gasteiger charge is -2.34. The molecule has 0 atom stereocenters. The summed E-state index contributed by atoms with van der Waals surface area (Å²) < 4.78 is 0. The molecule has 1 saturated carbocycles. The van der Waals surface area contributed by atoms with Crippen LogP contribution in [0.25, 0.3) is 6.08 Å². The second kappa shape index (κ2) is 9.40. The van der Waals surface area contributed by atoms with Gasteiger partial charge in [-0.3, -0.25) is 0 Å². The van der Waals surface area contributed by atoms with Crippen molar-refractivity contribution in [2.45, 2.75) is 52.0 Å². The van der Waals surface area contributed by atoms with Crippen molar-refractivity contribution in [2.24, 2.45) is 0 Å². The van der Waals surface area contributed by atoms with E-state index in [1.807, 2.05) is 54.3 Å². The fraction of sp³-hybridized carbons (Fsp3) is 0.375. The summed E-state index contributed by atoms with van der Waals surface area (Å²) in [4.78, 5) is 15.1. The molecule has 0 radical (unpaired) electrons. The van der Waals surface area contributed by atoms with Crippen LogP contribution in [-0.4, -0.2) is 23.5 Å². The Morgan fingerprint density at radius 3 is 2.52 bits per heavy atom. The molecule has 3 heteroatoms. The number of benzene rings is 2. The SMILES string of the molecule is C/C(=C\c1ccccc1)CN(C(=O)Nc1cccc(C)c1)C1CCCCC1. The van der Waals surface area contributed by atoms with Gasteiger partial charge >= 0.3 is 6.03 Å². The maximum absolute atomic E-state index is 13.1. The van der Waals surface area contributed by atoms with Gasteiger partial charge in [0.25, 0.3) is 0 Å². The smallest absolute Gasteiger partial charge is 0.318 e. The number of nitrogens with one attached hydrogen (secondary N) is 1. The Labute approximate surface area is 163 Å². The molecule has 0 bridgehead atoms. The monoisotopic (exact) mass is 362 g/mol. The third kappa shape index (κ3) is 5.72.